The molecule has 0 radical (unpaired) electrons. The molecular formula is C17H23N3O. The average molecular weight is 285 g/mol. The number of rotatable bonds is 4. The summed E-state index contributed by atoms with van der Waals surface area (Å²) in [6.07, 6.45) is 2.42. The highest BCUT2D eigenvalue weighted by molar-refractivity contribution is 5.91. The molecule has 2 N–H and O–H groups in total. The van der Waals surface area contributed by atoms with Gasteiger partial charge in [0.2, 0.25) is 0 Å². The Balaban J connectivity index is 1.90. The first kappa shape index (κ1) is 14.3. The van der Waals surface area contributed by atoms with Crippen molar-refractivity contribution in [3.63, 3.8) is 0 Å². The smallest absolute Gasteiger partial charge is 0.0726 e. The van der Waals surface area contributed by atoms with Crippen molar-refractivity contribution in [3.05, 3.63) is 36.0 Å². The van der Waals surface area contributed by atoms with Crippen LogP contribution < -0.4 is 10.6 Å². The normalized spacial score (nSPS) is 18.9. The molecular weight excluding hydrogens is 262 g/mol. The number of fused-ring (bicyclic) bond motifs is 1. The molecule has 2 aromatic rings. The van der Waals surface area contributed by atoms with E-state index in [0.717, 1.165) is 31.0 Å². The Morgan fingerprint density at radius 2 is 2.24 bits per heavy atom. The standard InChI is InChI=1S/C17H23N3O/c1-20(11-13-5-4-8-21-12-13)17-9-14(10-18)19-16-7-3-2-6-15(16)17/h2-3,6-7,9,13H,4-5,8,10-12,18H2,1H3. The molecule has 1 aromatic carbocycles. The van der Waals surface area contributed by atoms with Crippen molar-refractivity contribution in [3.8, 4) is 0 Å². The van der Waals surface area contributed by atoms with Crippen molar-refractivity contribution in [2.45, 2.75) is 19.4 Å². The first-order chi connectivity index (χ1) is 10.3. The quantitative estimate of drug-likeness (QED) is 0.938. The highest BCUT2D eigenvalue weighted by Gasteiger charge is 2.17. The van der Waals surface area contributed by atoms with Crippen LogP contribution in [0, 0.1) is 5.92 Å². The number of hydrogen-bond donors (Lipinski definition) is 1. The number of nitrogens with zero attached hydrogens (tertiary/aromatic N) is 2. The van der Waals surface area contributed by atoms with Crippen LogP contribution in [0.15, 0.2) is 30.3 Å². The molecule has 4 nitrogen and oxygen atoms in total. The molecule has 2 heterocycles. The van der Waals surface area contributed by atoms with Gasteiger partial charge in [0.05, 0.1) is 17.8 Å². The molecule has 0 amide bonds. The number of para-hydroxylation sites is 1. The lowest BCUT2D eigenvalue weighted by Gasteiger charge is -2.29. The van der Waals surface area contributed by atoms with Crippen molar-refractivity contribution in [2.75, 3.05) is 31.7 Å². The maximum absolute atomic E-state index is 5.79. The van der Waals surface area contributed by atoms with Gasteiger partial charge in [0.1, 0.15) is 0 Å². The predicted molar refractivity (Wildman–Crippen MR) is 86.4 cm³/mol. The van der Waals surface area contributed by atoms with Gasteiger partial charge in [0.25, 0.3) is 0 Å². The van der Waals surface area contributed by atoms with Gasteiger partial charge in [0, 0.05) is 37.8 Å². The second kappa shape index (κ2) is 6.41. The third-order valence-corrected chi connectivity index (χ3v) is 4.15. The van der Waals surface area contributed by atoms with Crippen LogP contribution >= 0.6 is 0 Å². The Hall–Kier alpha value is -1.65. The third kappa shape index (κ3) is 3.17. The summed E-state index contributed by atoms with van der Waals surface area (Å²) in [7, 11) is 2.15. The Labute approximate surface area is 125 Å². The summed E-state index contributed by atoms with van der Waals surface area (Å²) in [5.41, 5.74) is 8.96. The summed E-state index contributed by atoms with van der Waals surface area (Å²) in [6.45, 7) is 3.27. The molecule has 0 spiro atoms. The van der Waals surface area contributed by atoms with Crippen molar-refractivity contribution < 1.29 is 4.74 Å². The van der Waals surface area contributed by atoms with Gasteiger partial charge in [-0.1, -0.05) is 18.2 Å². The zero-order valence-corrected chi connectivity index (χ0v) is 12.6. The van der Waals surface area contributed by atoms with E-state index in [2.05, 4.69) is 41.2 Å². The number of anilines is 1. The van der Waals surface area contributed by atoms with Crippen LogP contribution in [-0.4, -0.2) is 31.8 Å². The van der Waals surface area contributed by atoms with E-state index >= 15 is 0 Å². The van der Waals surface area contributed by atoms with Gasteiger partial charge in [0.15, 0.2) is 0 Å². The van der Waals surface area contributed by atoms with Crippen LogP contribution in [0.1, 0.15) is 18.5 Å². The summed E-state index contributed by atoms with van der Waals surface area (Å²) in [4.78, 5) is 6.93. The molecule has 1 saturated heterocycles. The van der Waals surface area contributed by atoms with Crippen LogP contribution in [0.4, 0.5) is 5.69 Å². The highest BCUT2D eigenvalue weighted by Crippen LogP contribution is 2.27. The summed E-state index contributed by atoms with van der Waals surface area (Å²) in [5.74, 6) is 0.608. The topological polar surface area (TPSA) is 51.4 Å². The van der Waals surface area contributed by atoms with E-state index in [-0.39, 0.29) is 0 Å². The van der Waals surface area contributed by atoms with Gasteiger partial charge >= 0.3 is 0 Å². The van der Waals surface area contributed by atoms with E-state index in [1.807, 2.05) is 6.07 Å². The van der Waals surface area contributed by atoms with Crippen LogP contribution in [0.2, 0.25) is 0 Å². The van der Waals surface area contributed by atoms with Crippen molar-refractivity contribution in [2.24, 2.45) is 11.7 Å². The number of ether oxygens (including phenoxy) is 1. The maximum Gasteiger partial charge on any atom is 0.0726 e. The second-order valence-electron chi connectivity index (χ2n) is 5.82. The molecule has 3 rings (SSSR count). The molecule has 0 aliphatic carbocycles. The lowest BCUT2D eigenvalue weighted by molar-refractivity contribution is 0.0576. The zero-order chi connectivity index (χ0) is 14.7. The molecule has 1 aliphatic rings. The average Bonchev–Trinajstić information content (AvgIpc) is 2.54. The van der Waals surface area contributed by atoms with Gasteiger partial charge < -0.3 is 15.4 Å². The Morgan fingerprint density at radius 1 is 1.38 bits per heavy atom. The van der Waals surface area contributed by atoms with Gasteiger partial charge in [-0.05, 0) is 30.9 Å². The Morgan fingerprint density at radius 3 is 3.00 bits per heavy atom. The van der Waals surface area contributed by atoms with Crippen LogP contribution in [0.25, 0.3) is 10.9 Å². The number of pyridine rings is 1. The molecule has 1 unspecified atom stereocenters. The fraction of sp³-hybridized carbons (Fsp3) is 0.471. The number of hydrogen-bond acceptors (Lipinski definition) is 4. The molecule has 1 aliphatic heterocycles. The number of benzene rings is 1. The molecule has 112 valence electrons. The monoisotopic (exact) mass is 285 g/mol. The minimum atomic E-state index is 0.470. The lowest BCUT2D eigenvalue weighted by atomic mass is 10.0. The van der Waals surface area contributed by atoms with E-state index in [9.17, 15) is 0 Å². The first-order valence-electron chi connectivity index (χ1n) is 7.65. The van der Waals surface area contributed by atoms with E-state index in [0.29, 0.717) is 12.5 Å². The minimum Gasteiger partial charge on any atom is -0.381 e. The van der Waals surface area contributed by atoms with E-state index in [4.69, 9.17) is 10.5 Å². The highest BCUT2D eigenvalue weighted by atomic mass is 16.5. The third-order valence-electron chi connectivity index (χ3n) is 4.15. The molecule has 0 saturated carbocycles. The number of nitrogens with two attached hydrogens (primary N) is 1. The van der Waals surface area contributed by atoms with Gasteiger partial charge in [-0.15, -0.1) is 0 Å². The van der Waals surface area contributed by atoms with Gasteiger partial charge in [-0.2, -0.15) is 0 Å². The van der Waals surface area contributed by atoms with Crippen LogP contribution in [0.5, 0.6) is 0 Å². The first-order valence-corrected chi connectivity index (χ1v) is 7.65. The predicted octanol–water partition coefficient (Wildman–Crippen LogP) is 2.56. The SMILES string of the molecule is CN(CC1CCCOC1)c1cc(CN)nc2ccccc12. The molecule has 1 atom stereocenters. The summed E-state index contributed by atoms with van der Waals surface area (Å²) in [6, 6.07) is 10.4. The molecule has 0 bridgehead atoms. The summed E-state index contributed by atoms with van der Waals surface area (Å²) < 4.78 is 5.59. The molecule has 21 heavy (non-hydrogen) atoms. The second-order valence-corrected chi connectivity index (χ2v) is 5.82. The van der Waals surface area contributed by atoms with Crippen LogP contribution in [-0.2, 0) is 11.3 Å². The van der Waals surface area contributed by atoms with Crippen molar-refractivity contribution in [1.29, 1.82) is 0 Å². The molecule has 1 aromatic heterocycles. The molecule has 1 fully saturated rings. The van der Waals surface area contributed by atoms with E-state index in [1.54, 1.807) is 0 Å². The maximum atomic E-state index is 5.79. The van der Waals surface area contributed by atoms with Crippen LogP contribution in [0.3, 0.4) is 0 Å². The fourth-order valence-electron chi connectivity index (χ4n) is 3.07. The summed E-state index contributed by atoms with van der Waals surface area (Å²) in [5, 5.41) is 1.19. The van der Waals surface area contributed by atoms with Crippen molar-refractivity contribution in [1.82, 2.24) is 4.98 Å². The number of aromatic nitrogens is 1. The molecule has 4 heteroatoms. The van der Waals surface area contributed by atoms with E-state index in [1.165, 1.54) is 23.9 Å². The van der Waals surface area contributed by atoms with Gasteiger partial charge in [-0.25, -0.2) is 0 Å². The lowest BCUT2D eigenvalue weighted by Crippen LogP contribution is -2.31. The summed E-state index contributed by atoms with van der Waals surface area (Å²) >= 11 is 0. The van der Waals surface area contributed by atoms with Crippen molar-refractivity contribution >= 4 is 16.6 Å². The largest absolute Gasteiger partial charge is 0.381 e. The zero-order valence-electron chi connectivity index (χ0n) is 12.6. The minimum absolute atomic E-state index is 0.470. The Kier molecular flexibility index (Phi) is 4.36. The van der Waals surface area contributed by atoms with E-state index < -0.39 is 0 Å². The fourth-order valence-corrected chi connectivity index (χ4v) is 3.07. The van der Waals surface area contributed by atoms with Gasteiger partial charge in [-0.3, -0.25) is 4.98 Å². The Bertz CT molecular complexity index is 608.